The maximum absolute atomic E-state index is 12.4. The van der Waals surface area contributed by atoms with Crippen LogP contribution < -0.4 is 0 Å². The zero-order valence-electron chi connectivity index (χ0n) is 12.0. The molecule has 0 saturated carbocycles. The van der Waals surface area contributed by atoms with Gasteiger partial charge in [-0.2, -0.15) is 0 Å². The fourth-order valence-electron chi connectivity index (χ4n) is 1.80. The van der Waals surface area contributed by atoms with Crippen molar-refractivity contribution in [3.8, 4) is 11.8 Å². The van der Waals surface area contributed by atoms with Crippen LogP contribution in [-0.2, 0) is 0 Å². The van der Waals surface area contributed by atoms with Gasteiger partial charge in [0.25, 0.3) is 5.91 Å². The third-order valence-corrected chi connectivity index (χ3v) is 3.44. The molecular weight excluding hydrogens is 238 g/mol. The minimum Gasteiger partial charge on any atom is -0.384 e. The van der Waals surface area contributed by atoms with Crippen molar-refractivity contribution in [2.75, 3.05) is 13.7 Å². The number of hydrogen-bond donors (Lipinski definition) is 1. The Morgan fingerprint density at radius 2 is 2.16 bits per heavy atom. The molecule has 0 fully saturated rings. The van der Waals surface area contributed by atoms with Crippen molar-refractivity contribution in [1.82, 2.24) is 4.90 Å². The molecule has 1 aromatic carbocycles. The molecule has 3 heteroatoms. The highest BCUT2D eigenvalue weighted by atomic mass is 16.2. The minimum absolute atomic E-state index is 0.0134. The monoisotopic (exact) mass is 259 g/mol. The molecule has 0 aliphatic carbocycles. The Morgan fingerprint density at radius 3 is 2.74 bits per heavy atom. The van der Waals surface area contributed by atoms with Crippen molar-refractivity contribution in [3.05, 3.63) is 34.9 Å². The topological polar surface area (TPSA) is 40.5 Å². The van der Waals surface area contributed by atoms with Crippen molar-refractivity contribution in [3.63, 3.8) is 0 Å². The summed E-state index contributed by atoms with van der Waals surface area (Å²) in [4.78, 5) is 14.2. The molecule has 3 nitrogen and oxygen atoms in total. The summed E-state index contributed by atoms with van der Waals surface area (Å²) in [5, 5.41) is 8.74. The van der Waals surface area contributed by atoms with E-state index in [1.54, 1.807) is 4.90 Å². The zero-order chi connectivity index (χ0) is 14.4. The van der Waals surface area contributed by atoms with Crippen LogP contribution in [0.1, 0.15) is 41.8 Å². The van der Waals surface area contributed by atoms with Gasteiger partial charge in [-0.25, -0.2) is 0 Å². The Morgan fingerprint density at radius 1 is 1.47 bits per heavy atom. The highest BCUT2D eigenvalue weighted by molar-refractivity contribution is 5.96. The van der Waals surface area contributed by atoms with Gasteiger partial charge in [-0.3, -0.25) is 4.79 Å². The van der Waals surface area contributed by atoms with Crippen LogP contribution in [0.5, 0.6) is 0 Å². The molecule has 1 unspecified atom stereocenters. The highest BCUT2D eigenvalue weighted by Gasteiger charge is 2.18. The molecule has 0 aliphatic heterocycles. The van der Waals surface area contributed by atoms with Crippen molar-refractivity contribution >= 4 is 5.91 Å². The first-order valence-electron chi connectivity index (χ1n) is 6.49. The smallest absolute Gasteiger partial charge is 0.254 e. The van der Waals surface area contributed by atoms with E-state index in [0.29, 0.717) is 5.56 Å². The third kappa shape index (κ3) is 3.59. The van der Waals surface area contributed by atoms with Crippen LogP contribution in [0, 0.1) is 18.8 Å². The summed E-state index contributed by atoms with van der Waals surface area (Å²) in [6.07, 6.45) is 0.922. The minimum atomic E-state index is -0.176. The van der Waals surface area contributed by atoms with Crippen molar-refractivity contribution in [2.45, 2.75) is 33.2 Å². The molecule has 1 amide bonds. The molecular formula is C16H21NO2. The van der Waals surface area contributed by atoms with Gasteiger partial charge in [0.05, 0.1) is 0 Å². The van der Waals surface area contributed by atoms with Gasteiger partial charge in [0.2, 0.25) is 0 Å². The van der Waals surface area contributed by atoms with Crippen LogP contribution in [0.2, 0.25) is 0 Å². The first-order chi connectivity index (χ1) is 9.02. The fraction of sp³-hybridized carbons (Fsp3) is 0.438. The molecule has 0 radical (unpaired) electrons. The molecule has 102 valence electrons. The summed E-state index contributed by atoms with van der Waals surface area (Å²) in [5.41, 5.74) is 2.33. The lowest BCUT2D eigenvalue weighted by atomic mass is 10.0. The van der Waals surface area contributed by atoms with Crippen LogP contribution >= 0.6 is 0 Å². The average Bonchev–Trinajstić information content (AvgIpc) is 2.43. The number of aliphatic hydroxyl groups excluding tert-OH is 1. The van der Waals surface area contributed by atoms with E-state index >= 15 is 0 Å². The number of carbonyl (C=O) groups is 1. The quantitative estimate of drug-likeness (QED) is 0.845. The van der Waals surface area contributed by atoms with Gasteiger partial charge in [-0.05, 0) is 38.0 Å². The first-order valence-corrected chi connectivity index (χ1v) is 6.49. The summed E-state index contributed by atoms with van der Waals surface area (Å²) in [5.74, 6) is 5.50. The molecule has 0 spiro atoms. The van der Waals surface area contributed by atoms with Gasteiger partial charge in [0.1, 0.15) is 6.61 Å². The van der Waals surface area contributed by atoms with Crippen LogP contribution in [0.25, 0.3) is 0 Å². The van der Waals surface area contributed by atoms with Crippen molar-refractivity contribution in [2.24, 2.45) is 0 Å². The number of nitrogens with zero attached hydrogens (tertiary/aromatic N) is 1. The zero-order valence-corrected chi connectivity index (χ0v) is 12.0. The summed E-state index contributed by atoms with van der Waals surface area (Å²) < 4.78 is 0. The van der Waals surface area contributed by atoms with E-state index in [4.69, 9.17) is 5.11 Å². The normalized spacial score (nSPS) is 11.4. The average molecular weight is 259 g/mol. The van der Waals surface area contributed by atoms with Crippen molar-refractivity contribution < 1.29 is 9.90 Å². The standard InChI is InChI=1S/C16H21NO2/c1-5-12(2)17(4)16(19)15-10-6-8-14(13(15)3)9-7-11-18/h6,8,10,12,18H,5,11H2,1-4H3. The van der Waals surface area contributed by atoms with Gasteiger partial charge in [-0.15, -0.1) is 0 Å². The van der Waals surface area contributed by atoms with E-state index in [-0.39, 0.29) is 18.6 Å². The molecule has 0 aromatic heterocycles. The van der Waals surface area contributed by atoms with Crippen molar-refractivity contribution in [1.29, 1.82) is 0 Å². The Kier molecular flexibility index (Phi) is 5.59. The largest absolute Gasteiger partial charge is 0.384 e. The Bertz CT molecular complexity index is 511. The number of carbonyl (C=O) groups excluding carboxylic acids is 1. The molecule has 0 bridgehead atoms. The number of rotatable bonds is 3. The van der Waals surface area contributed by atoms with Gasteiger partial charge < -0.3 is 10.0 Å². The van der Waals surface area contributed by atoms with Gasteiger partial charge in [-0.1, -0.05) is 24.8 Å². The number of hydrogen-bond acceptors (Lipinski definition) is 2. The predicted molar refractivity (Wildman–Crippen MR) is 77.0 cm³/mol. The Hall–Kier alpha value is -1.79. The van der Waals surface area contributed by atoms with Crippen LogP contribution in [0.4, 0.5) is 0 Å². The lowest BCUT2D eigenvalue weighted by Gasteiger charge is -2.24. The van der Waals surface area contributed by atoms with Crippen LogP contribution in [-0.4, -0.2) is 35.6 Å². The SMILES string of the molecule is CCC(C)N(C)C(=O)c1cccc(C#CCO)c1C. The van der Waals surface area contributed by atoms with E-state index in [0.717, 1.165) is 17.5 Å². The molecule has 19 heavy (non-hydrogen) atoms. The summed E-state index contributed by atoms with van der Waals surface area (Å²) in [7, 11) is 1.82. The van der Waals surface area contributed by atoms with E-state index in [2.05, 4.69) is 18.8 Å². The Balaban J connectivity index is 3.11. The van der Waals surface area contributed by atoms with E-state index in [1.165, 1.54) is 0 Å². The molecule has 1 atom stereocenters. The molecule has 0 heterocycles. The maximum Gasteiger partial charge on any atom is 0.254 e. The Labute approximate surface area is 115 Å². The summed E-state index contributed by atoms with van der Waals surface area (Å²) in [6.45, 7) is 5.80. The van der Waals surface area contributed by atoms with E-state index < -0.39 is 0 Å². The molecule has 1 N–H and O–H groups in total. The second kappa shape index (κ2) is 6.96. The number of amides is 1. The van der Waals surface area contributed by atoms with Crippen LogP contribution in [0.15, 0.2) is 18.2 Å². The summed E-state index contributed by atoms with van der Waals surface area (Å²) in [6, 6.07) is 5.71. The highest BCUT2D eigenvalue weighted by Crippen LogP contribution is 2.16. The second-order valence-electron chi connectivity index (χ2n) is 4.61. The van der Waals surface area contributed by atoms with Gasteiger partial charge >= 0.3 is 0 Å². The summed E-state index contributed by atoms with van der Waals surface area (Å²) >= 11 is 0. The lowest BCUT2D eigenvalue weighted by molar-refractivity contribution is 0.0740. The number of benzene rings is 1. The third-order valence-electron chi connectivity index (χ3n) is 3.44. The van der Waals surface area contributed by atoms with Gasteiger partial charge in [0, 0.05) is 24.2 Å². The molecule has 1 rings (SSSR count). The number of aliphatic hydroxyl groups is 1. The maximum atomic E-state index is 12.4. The molecule has 1 aromatic rings. The molecule has 0 aliphatic rings. The van der Waals surface area contributed by atoms with E-state index in [9.17, 15) is 4.79 Å². The second-order valence-corrected chi connectivity index (χ2v) is 4.61. The van der Waals surface area contributed by atoms with E-state index in [1.807, 2.05) is 39.1 Å². The molecule has 0 saturated heterocycles. The van der Waals surface area contributed by atoms with Crippen LogP contribution in [0.3, 0.4) is 0 Å². The first kappa shape index (κ1) is 15.3. The fourth-order valence-corrected chi connectivity index (χ4v) is 1.80. The predicted octanol–water partition coefficient (Wildman–Crippen LogP) is 2.21. The van der Waals surface area contributed by atoms with Gasteiger partial charge in [0.15, 0.2) is 0 Å². The lowest BCUT2D eigenvalue weighted by Crippen LogP contribution is -2.35.